The number of nitrogens with zero attached hydrogens (tertiary/aromatic N) is 2. The van der Waals surface area contributed by atoms with Crippen LogP contribution in [0.15, 0.2) is 30.6 Å². The first-order valence-electron chi connectivity index (χ1n) is 6.59. The highest BCUT2D eigenvalue weighted by molar-refractivity contribution is 6.31. The zero-order valence-electron chi connectivity index (χ0n) is 12.0. The molecule has 1 aromatic carbocycles. The maximum atomic E-state index is 12.7. The molecular weight excluding hydrogens is 351 g/mol. The van der Waals surface area contributed by atoms with E-state index in [0.717, 1.165) is 18.3 Å². The Morgan fingerprint density at radius 3 is 2.62 bits per heavy atom. The van der Waals surface area contributed by atoms with E-state index in [4.69, 9.17) is 16.7 Å². The Bertz CT molecular complexity index is 774. The van der Waals surface area contributed by atoms with Gasteiger partial charge >= 0.3 is 12.1 Å². The summed E-state index contributed by atoms with van der Waals surface area (Å²) in [5.74, 6) is -1.69. The van der Waals surface area contributed by atoms with Gasteiger partial charge in [-0.1, -0.05) is 11.6 Å². The zero-order chi connectivity index (χ0) is 17.9. The van der Waals surface area contributed by atoms with E-state index in [1.54, 1.807) is 0 Å². The van der Waals surface area contributed by atoms with Gasteiger partial charge in [-0.2, -0.15) is 18.3 Å². The molecule has 1 heterocycles. The normalized spacial score (nSPS) is 11.3. The van der Waals surface area contributed by atoms with Crippen LogP contribution in [-0.4, -0.2) is 26.8 Å². The third-order valence-electron chi connectivity index (χ3n) is 3.00. The molecule has 2 aromatic rings. The second-order valence-corrected chi connectivity index (χ2v) is 5.19. The molecular formula is C14H11ClF3N3O3. The summed E-state index contributed by atoms with van der Waals surface area (Å²) >= 11 is 5.49. The van der Waals surface area contributed by atoms with Gasteiger partial charge in [-0.25, -0.2) is 4.79 Å². The SMILES string of the molecule is O=C(CCn1cc(C(=O)O)cn1)Nc1ccc(Cl)c(C(F)(F)F)c1. The summed E-state index contributed by atoms with van der Waals surface area (Å²) in [6.45, 7) is 0.0822. The average molecular weight is 362 g/mol. The molecule has 0 spiro atoms. The van der Waals surface area contributed by atoms with E-state index in [2.05, 4.69) is 10.4 Å². The van der Waals surface area contributed by atoms with Crippen molar-refractivity contribution in [3.8, 4) is 0 Å². The predicted molar refractivity (Wildman–Crippen MR) is 78.9 cm³/mol. The molecule has 0 saturated carbocycles. The lowest BCUT2D eigenvalue weighted by Crippen LogP contribution is -2.15. The number of rotatable bonds is 5. The third kappa shape index (κ3) is 4.48. The van der Waals surface area contributed by atoms with Gasteiger partial charge in [0.15, 0.2) is 0 Å². The fraction of sp³-hybridized carbons (Fsp3) is 0.214. The predicted octanol–water partition coefficient (Wildman–Crippen LogP) is 3.28. The number of carboxylic acid groups (broad SMARTS) is 1. The topological polar surface area (TPSA) is 84.2 Å². The highest BCUT2D eigenvalue weighted by atomic mass is 35.5. The van der Waals surface area contributed by atoms with E-state index in [-0.39, 0.29) is 24.2 Å². The summed E-state index contributed by atoms with van der Waals surface area (Å²) < 4.78 is 39.5. The van der Waals surface area contributed by atoms with Crippen LogP contribution in [0, 0.1) is 0 Å². The van der Waals surface area contributed by atoms with Crippen molar-refractivity contribution in [3.05, 3.63) is 46.7 Å². The molecule has 1 amide bonds. The summed E-state index contributed by atoms with van der Waals surface area (Å²) in [7, 11) is 0. The minimum absolute atomic E-state index is 0.0251. The number of aryl methyl sites for hydroxylation is 1. The van der Waals surface area contributed by atoms with E-state index in [9.17, 15) is 22.8 Å². The van der Waals surface area contributed by atoms with E-state index in [1.165, 1.54) is 16.9 Å². The van der Waals surface area contributed by atoms with Crippen molar-refractivity contribution >= 4 is 29.2 Å². The number of carbonyl (C=O) groups is 2. The van der Waals surface area contributed by atoms with E-state index in [0.29, 0.717) is 0 Å². The maximum absolute atomic E-state index is 12.7. The minimum atomic E-state index is -4.62. The highest BCUT2D eigenvalue weighted by Gasteiger charge is 2.33. The molecule has 0 aliphatic carbocycles. The van der Waals surface area contributed by atoms with Gasteiger partial charge in [-0.05, 0) is 18.2 Å². The quantitative estimate of drug-likeness (QED) is 0.856. The van der Waals surface area contributed by atoms with Gasteiger partial charge in [0.25, 0.3) is 0 Å². The number of benzene rings is 1. The van der Waals surface area contributed by atoms with Crippen LogP contribution >= 0.6 is 11.6 Å². The first-order valence-corrected chi connectivity index (χ1v) is 6.97. The number of aromatic nitrogens is 2. The number of amides is 1. The van der Waals surface area contributed by atoms with Crippen molar-refractivity contribution in [2.75, 3.05) is 5.32 Å². The lowest BCUT2D eigenvalue weighted by molar-refractivity contribution is -0.137. The molecule has 24 heavy (non-hydrogen) atoms. The minimum Gasteiger partial charge on any atom is -0.478 e. The van der Waals surface area contributed by atoms with Gasteiger partial charge in [0.05, 0.1) is 22.3 Å². The van der Waals surface area contributed by atoms with Crippen molar-refractivity contribution in [1.29, 1.82) is 0 Å². The van der Waals surface area contributed by atoms with Crippen LogP contribution in [-0.2, 0) is 17.5 Å². The first kappa shape index (κ1) is 17.8. The molecule has 1 aromatic heterocycles. The first-order chi connectivity index (χ1) is 11.2. The number of carbonyl (C=O) groups excluding carboxylic acids is 1. The largest absolute Gasteiger partial charge is 0.478 e. The number of hydrogen-bond donors (Lipinski definition) is 2. The molecule has 10 heteroatoms. The van der Waals surface area contributed by atoms with Gasteiger partial charge in [0.1, 0.15) is 0 Å². The summed E-state index contributed by atoms with van der Waals surface area (Å²) in [5.41, 5.74) is -1.11. The lowest BCUT2D eigenvalue weighted by Gasteiger charge is -2.11. The molecule has 2 N–H and O–H groups in total. The molecule has 0 bridgehead atoms. The summed E-state index contributed by atoms with van der Waals surface area (Å²) in [4.78, 5) is 22.5. The summed E-state index contributed by atoms with van der Waals surface area (Å²) in [5, 5.41) is 14.4. The Balaban J connectivity index is 1.98. The van der Waals surface area contributed by atoms with Crippen LogP contribution < -0.4 is 5.32 Å². The van der Waals surface area contributed by atoms with Gasteiger partial charge in [-0.3, -0.25) is 9.48 Å². The molecule has 0 unspecified atom stereocenters. The van der Waals surface area contributed by atoms with Crippen LogP contribution in [0.3, 0.4) is 0 Å². The molecule has 0 radical (unpaired) electrons. The monoisotopic (exact) mass is 361 g/mol. The Morgan fingerprint density at radius 2 is 2.04 bits per heavy atom. The molecule has 0 atom stereocenters. The highest BCUT2D eigenvalue weighted by Crippen LogP contribution is 2.36. The summed E-state index contributed by atoms with van der Waals surface area (Å²) in [6.07, 6.45) is -2.33. The standard InChI is InChI=1S/C14H11ClF3N3O3/c15-11-2-1-9(5-10(11)14(16,17)18)20-12(22)3-4-21-7-8(6-19-21)13(23)24/h1-2,5-7H,3-4H2,(H,20,22)(H,23,24). The van der Waals surface area contributed by atoms with E-state index in [1.807, 2.05) is 0 Å². The van der Waals surface area contributed by atoms with Crippen LogP contribution in [0.4, 0.5) is 18.9 Å². The van der Waals surface area contributed by atoms with E-state index >= 15 is 0 Å². The fourth-order valence-electron chi connectivity index (χ4n) is 1.86. The molecule has 0 saturated heterocycles. The molecule has 0 fully saturated rings. The van der Waals surface area contributed by atoms with Gasteiger partial charge < -0.3 is 10.4 Å². The second-order valence-electron chi connectivity index (χ2n) is 4.79. The average Bonchev–Trinajstić information content (AvgIpc) is 2.95. The third-order valence-corrected chi connectivity index (χ3v) is 3.33. The van der Waals surface area contributed by atoms with Gasteiger partial charge in [0.2, 0.25) is 5.91 Å². The number of halogens is 4. The Kier molecular flexibility index (Phi) is 5.13. The number of anilines is 1. The van der Waals surface area contributed by atoms with Crippen LogP contribution in [0.1, 0.15) is 22.3 Å². The molecule has 128 valence electrons. The van der Waals surface area contributed by atoms with Crippen molar-refractivity contribution < 1.29 is 27.9 Å². The number of alkyl halides is 3. The fourth-order valence-corrected chi connectivity index (χ4v) is 2.08. The van der Waals surface area contributed by atoms with Crippen molar-refractivity contribution in [1.82, 2.24) is 9.78 Å². The molecule has 6 nitrogen and oxygen atoms in total. The van der Waals surface area contributed by atoms with Gasteiger partial charge in [-0.15, -0.1) is 0 Å². The second kappa shape index (κ2) is 6.91. The van der Waals surface area contributed by atoms with Gasteiger partial charge in [0, 0.05) is 24.8 Å². The summed E-state index contributed by atoms with van der Waals surface area (Å²) in [6, 6.07) is 3.05. The number of aromatic carboxylic acids is 1. The molecule has 2 rings (SSSR count). The maximum Gasteiger partial charge on any atom is 0.417 e. The molecule has 0 aliphatic heterocycles. The van der Waals surface area contributed by atoms with Crippen molar-refractivity contribution in [3.63, 3.8) is 0 Å². The Labute approximate surface area is 138 Å². The molecule has 0 aliphatic rings. The number of nitrogens with one attached hydrogen (secondary N) is 1. The van der Waals surface area contributed by atoms with Crippen molar-refractivity contribution in [2.45, 2.75) is 19.1 Å². The zero-order valence-corrected chi connectivity index (χ0v) is 12.7. The number of hydrogen-bond acceptors (Lipinski definition) is 3. The van der Waals surface area contributed by atoms with Crippen LogP contribution in [0.2, 0.25) is 5.02 Å². The smallest absolute Gasteiger partial charge is 0.417 e. The Hall–Kier alpha value is -2.55. The van der Waals surface area contributed by atoms with Crippen LogP contribution in [0.25, 0.3) is 0 Å². The number of carboxylic acids is 1. The lowest BCUT2D eigenvalue weighted by atomic mass is 10.2. The Morgan fingerprint density at radius 1 is 1.33 bits per heavy atom. The van der Waals surface area contributed by atoms with E-state index < -0.39 is 28.6 Å². The van der Waals surface area contributed by atoms with Crippen molar-refractivity contribution in [2.24, 2.45) is 0 Å². The van der Waals surface area contributed by atoms with Crippen LogP contribution in [0.5, 0.6) is 0 Å².